The molecule has 12 heavy (non-hydrogen) atoms. The van der Waals surface area contributed by atoms with Crippen molar-refractivity contribution in [2.24, 2.45) is 0 Å². The van der Waals surface area contributed by atoms with Gasteiger partial charge in [-0.15, -0.1) is 0 Å². The van der Waals surface area contributed by atoms with Crippen molar-refractivity contribution in [1.82, 2.24) is 0 Å². The van der Waals surface area contributed by atoms with Gasteiger partial charge in [-0.05, 0) is 0 Å². The van der Waals surface area contributed by atoms with E-state index in [1.165, 1.54) is 11.1 Å². The van der Waals surface area contributed by atoms with Crippen molar-refractivity contribution in [3.63, 3.8) is 0 Å². The molecule has 0 bridgehead atoms. The van der Waals surface area contributed by atoms with Crippen LogP contribution in [-0.2, 0) is 36.8 Å². The predicted molar refractivity (Wildman–Crippen MR) is 48.6 cm³/mol. The van der Waals surface area contributed by atoms with Crippen molar-refractivity contribution in [2.45, 2.75) is 11.5 Å². The summed E-state index contributed by atoms with van der Waals surface area (Å²) in [7, 11) is 0. The fourth-order valence-corrected chi connectivity index (χ4v) is 1.12. The van der Waals surface area contributed by atoms with Gasteiger partial charge in [0, 0.05) is 0 Å². The number of hydrogen-bond donors (Lipinski definition) is 0. The molecular formula is C8H8K2S2. The van der Waals surface area contributed by atoms with Gasteiger partial charge < -0.3 is 25.3 Å². The van der Waals surface area contributed by atoms with E-state index in [0.29, 0.717) is 11.5 Å². The Kier molecular flexibility index (Phi) is 15.7. The van der Waals surface area contributed by atoms with Gasteiger partial charge in [0.25, 0.3) is 0 Å². The molecule has 1 rings (SSSR count). The molecule has 0 aliphatic carbocycles. The van der Waals surface area contributed by atoms with Crippen LogP contribution in [0, 0.1) is 0 Å². The molecule has 0 atom stereocenters. The van der Waals surface area contributed by atoms with E-state index >= 15 is 0 Å². The standard InChI is InChI=1S/C8H10S2.2K/c9-5-7-1-2-8(6-10)4-3-7;;/h1-4,9-10H,5-6H2;;/q;2*+1/p-2. The van der Waals surface area contributed by atoms with Crippen molar-refractivity contribution in [2.75, 3.05) is 0 Å². The van der Waals surface area contributed by atoms with Gasteiger partial charge in [-0.25, -0.2) is 0 Å². The van der Waals surface area contributed by atoms with Crippen LogP contribution in [0.1, 0.15) is 11.1 Å². The summed E-state index contributed by atoms with van der Waals surface area (Å²) in [4.78, 5) is 0. The molecular weight excluding hydrogens is 238 g/mol. The molecule has 0 heterocycles. The predicted octanol–water partition coefficient (Wildman–Crippen LogP) is -4.21. The number of rotatable bonds is 2. The van der Waals surface area contributed by atoms with Crippen LogP contribution in [0.15, 0.2) is 24.3 Å². The van der Waals surface area contributed by atoms with Crippen molar-refractivity contribution >= 4 is 25.3 Å². The molecule has 0 aromatic heterocycles. The van der Waals surface area contributed by atoms with Crippen LogP contribution in [0.25, 0.3) is 0 Å². The van der Waals surface area contributed by atoms with Crippen LogP contribution in [0.2, 0.25) is 0 Å². The zero-order valence-electron chi connectivity index (χ0n) is 7.54. The van der Waals surface area contributed by atoms with Crippen LogP contribution in [0.3, 0.4) is 0 Å². The molecule has 0 radical (unpaired) electrons. The molecule has 54 valence electrons. The Morgan fingerprint density at radius 1 is 0.750 bits per heavy atom. The third-order valence-corrected chi connectivity index (χ3v) is 2.02. The number of hydrogen-bond acceptors (Lipinski definition) is 2. The monoisotopic (exact) mass is 246 g/mol. The summed E-state index contributed by atoms with van der Waals surface area (Å²) in [5, 5.41) is 0. The van der Waals surface area contributed by atoms with Crippen LogP contribution in [-0.4, -0.2) is 0 Å². The first-order valence-electron chi connectivity index (χ1n) is 3.11. The molecule has 0 nitrogen and oxygen atoms in total. The van der Waals surface area contributed by atoms with Gasteiger partial charge in [0.05, 0.1) is 0 Å². The van der Waals surface area contributed by atoms with E-state index in [1.807, 2.05) is 24.3 Å². The first kappa shape index (κ1) is 17.6. The van der Waals surface area contributed by atoms with E-state index in [-0.39, 0.29) is 103 Å². The average Bonchev–Trinajstić information content (AvgIpc) is 2.05. The molecule has 0 aliphatic rings. The maximum absolute atomic E-state index is 4.87. The zero-order chi connectivity index (χ0) is 7.40. The second kappa shape index (κ2) is 10.7. The molecule has 0 saturated heterocycles. The van der Waals surface area contributed by atoms with Crippen LogP contribution in [0.5, 0.6) is 0 Å². The zero-order valence-corrected chi connectivity index (χ0v) is 15.4. The summed E-state index contributed by atoms with van der Waals surface area (Å²) in [6, 6.07) is 8.15. The maximum atomic E-state index is 4.87. The Morgan fingerprint density at radius 3 is 1.17 bits per heavy atom. The minimum absolute atomic E-state index is 0. The molecule has 4 heteroatoms. The molecule has 0 spiro atoms. The van der Waals surface area contributed by atoms with E-state index in [9.17, 15) is 0 Å². The van der Waals surface area contributed by atoms with E-state index in [4.69, 9.17) is 25.3 Å². The Labute approximate surface area is 170 Å². The van der Waals surface area contributed by atoms with Gasteiger partial charge in [-0.2, -0.15) is 11.5 Å². The third-order valence-electron chi connectivity index (χ3n) is 1.36. The largest absolute Gasteiger partial charge is 1.00 e. The Bertz CT molecular complexity index is 176. The fraction of sp³-hybridized carbons (Fsp3) is 0.250. The quantitative estimate of drug-likeness (QED) is 0.383. The normalized spacial score (nSPS) is 8.17. The third kappa shape index (κ3) is 6.64. The number of benzene rings is 1. The smallest absolute Gasteiger partial charge is 0.788 e. The van der Waals surface area contributed by atoms with E-state index in [2.05, 4.69) is 0 Å². The second-order valence-electron chi connectivity index (χ2n) is 2.11. The Hall–Kier alpha value is 3.19. The van der Waals surface area contributed by atoms with E-state index in [1.54, 1.807) is 0 Å². The molecule has 0 N–H and O–H groups in total. The fourth-order valence-electron chi connectivity index (χ4n) is 0.732. The van der Waals surface area contributed by atoms with E-state index < -0.39 is 0 Å². The van der Waals surface area contributed by atoms with Crippen molar-refractivity contribution in [1.29, 1.82) is 0 Å². The molecule has 0 amide bonds. The summed E-state index contributed by atoms with van der Waals surface area (Å²) >= 11 is 9.74. The van der Waals surface area contributed by atoms with Crippen molar-refractivity contribution < 1.29 is 103 Å². The molecule has 1 aromatic rings. The molecule has 0 saturated carbocycles. The average molecular weight is 246 g/mol. The Morgan fingerprint density at radius 2 is 1.00 bits per heavy atom. The molecule has 1 aromatic carbocycles. The van der Waals surface area contributed by atoms with Gasteiger partial charge in [0.15, 0.2) is 0 Å². The van der Waals surface area contributed by atoms with Crippen LogP contribution in [0.4, 0.5) is 0 Å². The van der Waals surface area contributed by atoms with Crippen LogP contribution < -0.4 is 103 Å². The SMILES string of the molecule is [K+].[K+].[S-]Cc1ccc(C[S-])cc1. The summed E-state index contributed by atoms with van der Waals surface area (Å²) in [6.45, 7) is 0. The minimum Gasteiger partial charge on any atom is -0.788 e. The van der Waals surface area contributed by atoms with Crippen LogP contribution >= 0.6 is 0 Å². The maximum Gasteiger partial charge on any atom is 1.00 e. The van der Waals surface area contributed by atoms with Gasteiger partial charge in [0.2, 0.25) is 0 Å². The summed E-state index contributed by atoms with van der Waals surface area (Å²) < 4.78 is 0. The molecule has 0 aliphatic heterocycles. The summed E-state index contributed by atoms with van der Waals surface area (Å²) in [5.41, 5.74) is 2.39. The minimum atomic E-state index is 0. The molecule has 0 fully saturated rings. The Balaban J connectivity index is 0. The second-order valence-corrected chi connectivity index (χ2v) is 2.68. The van der Waals surface area contributed by atoms with Crippen molar-refractivity contribution in [3.05, 3.63) is 35.4 Å². The van der Waals surface area contributed by atoms with Gasteiger partial charge >= 0.3 is 103 Å². The topological polar surface area (TPSA) is 0 Å². The van der Waals surface area contributed by atoms with Gasteiger partial charge in [-0.3, -0.25) is 0 Å². The summed E-state index contributed by atoms with van der Waals surface area (Å²) in [5.74, 6) is 1.38. The molecule has 0 unspecified atom stereocenters. The first-order chi connectivity index (χ1) is 4.86. The summed E-state index contributed by atoms with van der Waals surface area (Å²) in [6.07, 6.45) is 0. The van der Waals surface area contributed by atoms with Crippen molar-refractivity contribution in [3.8, 4) is 0 Å². The van der Waals surface area contributed by atoms with Gasteiger partial charge in [0.1, 0.15) is 0 Å². The first-order valence-corrected chi connectivity index (χ1v) is 4.26. The van der Waals surface area contributed by atoms with Gasteiger partial charge in [-0.1, -0.05) is 35.4 Å². The van der Waals surface area contributed by atoms with E-state index in [0.717, 1.165) is 0 Å².